The van der Waals surface area contributed by atoms with Gasteiger partial charge in [0, 0.05) is 5.69 Å². The van der Waals surface area contributed by atoms with Crippen LogP contribution in [0.5, 0.6) is 11.5 Å². The van der Waals surface area contributed by atoms with E-state index in [9.17, 15) is 0 Å². The first-order valence-electron chi connectivity index (χ1n) is 6.77. The Labute approximate surface area is 127 Å². The Bertz CT molecular complexity index is 753. The van der Waals surface area contributed by atoms with Crippen molar-refractivity contribution in [3.8, 4) is 22.9 Å². The molecule has 0 amide bonds. The number of nitrogens with zero attached hydrogens (tertiary/aromatic N) is 3. The SMILES string of the molecule is COc1ccccc1-c1noc(COc2ccc(C)nc2)n1. The highest BCUT2D eigenvalue weighted by atomic mass is 16.5. The van der Waals surface area contributed by atoms with Crippen LogP contribution in [0, 0.1) is 6.92 Å². The van der Waals surface area contributed by atoms with Crippen molar-refractivity contribution in [2.24, 2.45) is 0 Å². The Hall–Kier alpha value is -2.89. The van der Waals surface area contributed by atoms with Gasteiger partial charge in [-0.25, -0.2) is 0 Å². The summed E-state index contributed by atoms with van der Waals surface area (Å²) in [6.45, 7) is 2.11. The number of rotatable bonds is 5. The molecule has 0 aliphatic carbocycles. The largest absolute Gasteiger partial charge is 0.496 e. The van der Waals surface area contributed by atoms with Crippen LogP contribution in [0.15, 0.2) is 47.1 Å². The molecule has 2 aromatic heterocycles. The summed E-state index contributed by atoms with van der Waals surface area (Å²) in [7, 11) is 1.60. The minimum Gasteiger partial charge on any atom is -0.496 e. The van der Waals surface area contributed by atoms with Gasteiger partial charge in [-0.1, -0.05) is 17.3 Å². The number of benzene rings is 1. The molecule has 0 aliphatic rings. The first-order chi connectivity index (χ1) is 10.8. The third-order valence-electron chi connectivity index (χ3n) is 3.06. The Morgan fingerprint density at radius 1 is 1.14 bits per heavy atom. The lowest BCUT2D eigenvalue weighted by Gasteiger charge is -2.03. The van der Waals surface area contributed by atoms with Gasteiger partial charge in [-0.05, 0) is 31.2 Å². The summed E-state index contributed by atoms with van der Waals surface area (Å²) in [5.74, 6) is 2.21. The predicted octanol–water partition coefficient (Wildman–Crippen LogP) is 3.03. The van der Waals surface area contributed by atoms with Crippen LogP contribution in [0.4, 0.5) is 0 Å². The molecule has 6 nitrogen and oxygen atoms in total. The molecule has 1 aromatic carbocycles. The first-order valence-corrected chi connectivity index (χ1v) is 6.77. The van der Waals surface area contributed by atoms with E-state index in [-0.39, 0.29) is 6.61 Å². The molecule has 3 aromatic rings. The normalized spacial score (nSPS) is 10.5. The highest BCUT2D eigenvalue weighted by Crippen LogP contribution is 2.27. The second-order valence-corrected chi connectivity index (χ2v) is 4.64. The van der Waals surface area contributed by atoms with Gasteiger partial charge in [0.05, 0.1) is 18.9 Å². The summed E-state index contributed by atoms with van der Waals surface area (Å²) >= 11 is 0. The number of methoxy groups -OCH3 is 1. The number of aromatic nitrogens is 3. The van der Waals surface area contributed by atoms with E-state index in [0.29, 0.717) is 23.2 Å². The van der Waals surface area contributed by atoms with Crippen molar-refractivity contribution in [3.05, 3.63) is 54.2 Å². The zero-order valence-electron chi connectivity index (χ0n) is 12.3. The molecule has 2 heterocycles. The topological polar surface area (TPSA) is 70.3 Å². The molecule has 0 spiro atoms. The van der Waals surface area contributed by atoms with Gasteiger partial charge < -0.3 is 14.0 Å². The number of hydrogen-bond acceptors (Lipinski definition) is 6. The average Bonchev–Trinajstić information content (AvgIpc) is 3.03. The van der Waals surface area contributed by atoms with Crippen molar-refractivity contribution in [2.75, 3.05) is 7.11 Å². The molecular formula is C16H15N3O3. The van der Waals surface area contributed by atoms with Crippen LogP contribution >= 0.6 is 0 Å². The minimum absolute atomic E-state index is 0.187. The van der Waals surface area contributed by atoms with Crippen LogP contribution in [0.3, 0.4) is 0 Å². The average molecular weight is 297 g/mol. The maximum absolute atomic E-state index is 5.56. The zero-order valence-corrected chi connectivity index (χ0v) is 12.3. The zero-order chi connectivity index (χ0) is 15.4. The molecule has 0 radical (unpaired) electrons. The fourth-order valence-electron chi connectivity index (χ4n) is 1.94. The Kier molecular flexibility index (Phi) is 4.00. The van der Waals surface area contributed by atoms with Crippen molar-refractivity contribution in [1.29, 1.82) is 0 Å². The minimum atomic E-state index is 0.187. The second-order valence-electron chi connectivity index (χ2n) is 4.64. The number of para-hydroxylation sites is 1. The fourth-order valence-corrected chi connectivity index (χ4v) is 1.94. The van der Waals surface area contributed by atoms with Crippen LogP contribution in [-0.2, 0) is 6.61 Å². The Morgan fingerprint density at radius 3 is 2.77 bits per heavy atom. The number of aryl methyl sites for hydroxylation is 1. The van der Waals surface area contributed by atoms with E-state index in [2.05, 4.69) is 15.1 Å². The van der Waals surface area contributed by atoms with Crippen LogP contribution in [-0.4, -0.2) is 22.2 Å². The first kappa shape index (κ1) is 14.1. The lowest BCUT2D eigenvalue weighted by molar-refractivity contribution is 0.242. The predicted molar refractivity (Wildman–Crippen MR) is 79.6 cm³/mol. The summed E-state index contributed by atoms with van der Waals surface area (Å²) in [5, 5.41) is 3.96. The smallest absolute Gasteiger partial charge is 0.264 e. The van der Waals surface area contributed by atoms with Crippen LogP contribution in [0.25, 0.3) is 11.4 Å². The van der Waals surface area contributed by atoms with Gasteiger partial charge in [-0.3, -0.25) is 4.98 Å². The second kappa shape index (κ2) is 6.26. The Morgan fingerprint density at radius 2 is 2.00 bits per heavy atom. The molecule has 0 aliphatic heterocycles. The monoisotopic (exact) mass is 297 g/mol. The third kappa shape index (κ3) is 3.06. The van der Waals surface area contributed by atoms with Crippen molar-refractivity contribution in [1.82, 2.24) is 15.1 Å². The number of hydrogen-bond donors (Lipinski definition) is 0. The molecule has 6 heteroatoms. The van der Waals surface area contributed by atoms with Gasteiger partial charge in [0.1, 0.15) is 11.5 Å². The van der Waals surface area contributed by atoms with E-state index in [0.717, 1.165) is 11.3 Å². The maximum atomic E-state index is 5.56. The number of pyridine rings is 1. The molecule has 0 saturated carbocycles. The summed E-state index contributed by atoms with van der Waals surface area (Å²) in [6.07, 6.45) is 1.66. The molecule has 0 fully saturated rings. The summed E-state index contributed by atoms with van der Waals surface area (Å²) in [6, 6.07) is 11.2. The van der Waals surface area contributed by atoms with Crippen molar-refractivity contribution in [3.63, 3.8) is 0 Å². The van der Waals surface area contributed by atoms with E-state index >= 15 is 0 Å². The number of ether oxygens (including phenoxy) is 2. The summed E-state index contributed by atoms with van der Waals surface area (Å²) in [5.41, 5.74) is 1.71. The van der Waals surface area contributed by atoms with E-state index in [1.807, 2.05) is 43.3 Å². The van der Waals surface area contributed by atoms with Gasteiger partial charge in [0.15, 0.2) is 6.61 Å². The van der Waals surface area contributed by atoms with Gasteiger partial charge in [0.2, 0.25) is 5.82 Å². The Balaban J connectivity index is 1.72. The van der Waals surface area contributed by atoms with E-state index < -0.39 is 0 Å². The van der Waals surface area contributed by atoms with Crippen LogP contribution in [0.2, 0.25) is 0 Å². The molecule has 0 bridgehead atoms. The van der Waals surface area contributed by atoms with E-state index in [4.69, 9.17) is 14.0 Å². The lowest BCUT2D eigenvalue weighted by atomic mass is 10.2. The molecular weight excluding hydrogens is 282 g/mol. The van der Waals surface area contributed by atoms with E-state index in [1.165, 1.54) is 0 Å². The molecule has 0 saturated heterocycles. The quantitative estimate of drug-likeness (QED) is 0.721. The third-order valence-corrected chi connectivity index (χ3v) is 3.06. The standard InChI is InChI=1S/C16H15N3O3/c1-11-7-8-12(9-17-11)21-10-15-18-16(19-22-15)13-5-3-4-6-14(13)20-2/h3-9H,10H2,1-2H3. The van der Waals surface area contributed by atoms with Gasteiger partial charge in [-0.2, -0.15) is 4.98 Å². The molecule has 0 unspecified atom stereocenters. The summed E-state index contributed by atoms with van der Waals surface area (Å²) < 4.78 is 16.1. The highest BCUT2D eigenvalue weighted by molar-refractivity contribution is 5.63. The van der Waals surface area contributed by atoms with Crippen molar-refractivity contribution >= 4 is 0 Å². The molecule has 112 valence electrons. The van der Waals surface area contributed by atoms with Crippen molar-refractivity contribution < 1.29 is 14.0 Å². The van der Waals surface area contributed by atoms with Gasteiger partial charge >= 0.3 is 0 Å². The molecule has 22 heavy (non-hydrogen) atoms. The van der Waals surface area contributed by atoms with Gasteiger partial charge in [0.25, 0.3) is 5.89 Å². The van der Waals surface area contributed by atoms with Gasteiger partial charge in [-0.15, -0.1) is 0 Å². The molecule has 3 rings (SSSR count). The highest BCUT2D eigenvalue weighted by Gasteiger charge is 2.13. The molecule has 0 N–H and O–H groups in total. The lowest BCUT2D eigenvalue weighted by Crippen LogP contribution is -1.96. The molecule has 0 atom stereocenters. The summed E-state index contributed by atoms with van der Waals surface area (Å²) in [4.78, 5) is 8.48. The maximum Gasteiger partial charge on any atom is 0.264 e. The van der Waals surface area contributed by atoms with E-state index in [1.54, 1.807) is 13.3 Å². The fraction of sp³-hybridized carbons (Fsp3) is 0.188. The van der Waals surface area contributed by atoms with Crippen molar-refractivity contribution in [2.45, 2.75) is 13.5 Å². The van der Waals surface area contributed by atoms with Crippen LogP contribution in [0.1, 0.15) is 11.6 Å². The van der Waals surface area contributed by atoms with Crippen LogP contribution < -0.4 is 9.47 Å².